The number of aryl methyl sites for hydroxylation is 1. The lowest BCUT2D eigenvalue weighted by Crippen LogP contribution is -2.35. The minimum Gasteiger partial charge on any atom is -0.463 e. The molecule has 2 heterocycles. The Morgan fingerprint density at radius 1 is 0.900 bits per heavy atom. The van der Waals surface area contributed by atoms with E-state index in [2.05, 4.69) is 16.7 Å². The quantitative estimate of drug-likeness (QED) is 0.386. The van der Waals surface area contributed by atoms with Crippen molar-refractivity contribution in [2.45, 2.75) is 13.5 Å². The number of hydrogen-bond acceptors (Lipinski definition) is 3. The molecule has 0 spiro atoms. The van der Waals surface area contributed by atoms with Crippen LogP contribution in [0, 0.1) is 6.92 Å². The summed E-state index contributed by atoms with van der Waals surface area (Å²) in [6.45, 7) is 2.60. The molecule has 0 fully saturated rings. The van der Waals surface area contributed by atoms with Crippen molar-refractivity contribution >= 4 is 34.2 Å². The molecule has 0 aliphatic rings. The highest BCUT2D eigenvalue weighted by molar-refractivity contribution is 5.82. The summed E-state index contributed by atoms with van der Waals surface area (Å²) in [7, 11) is 0. The van der Waals surface area contributed by atoms with Gasteiger partial charge in [0.1, 0.15) is 11.8 Å². The Morgan fingerprint density at radius 3 is 2.57 bits per heavy atom. The average molecular weight is 394 g/mol. The normalized spacial score (nSPS) is 11.6. The highest BCUT2D eigenvalue weighted by Gasteiger charge is 2.20. The molecule has 2 aromatic heterocycles. The lowest BCUT2D eigenvalue weighted by atomic mass is 10.1. The van der Waals surface area contributed by atoms with Gasteiger partial charge >= 0.3 is 5.89 Å². The number of aromatic nitrogens is 1. The number of benzene rings is 3. The zero-order chi connectivity index (χ0) is 20.5. The van der Waals surface area contributed by atoms with Crippen LogP contribution in [0.15, 0.2) is 92.7 Å². The van der Waals surface area contributed by atoms with Gasteiger partial charge < -0.3 is 8.83 Å². The first-order valence-corrected chi connectivity index (χ1v) is 9.85. The van der Waals surface area contributed by atoms with Crippen LogP contribution in [0.3, 0.4) is 0 Å². The molecule has 0 amide bonds. The fraction of sp³-hybridized carbons (Fsp3) is 0.0769. The van der Waals surface area contributed by atoms with Crippen molar-refractivity contribution in [1.82, 2.24) is 0 Å². The minimum atomic E-state index is -0.0538. The molecule has 4 heteroatoms. The first-order chi connectivity index (χ1) is 14.7. The van der Waals surface area contributed by atoms with Gasteiger partial charge in [-0.1, -0.05) is 54.6 Å². The van der Waals surface area contributed by atoms with Gasteiger partial charge in [-0.25, -0.2) is 0 Å². The molecule has 0 saturated carbocycles. The number of nitrogens with zero attached hydrogens (tertiary/aromatic N) is 1. The van der Waals surface area contributed by atoms with Crippen LogP contribution >= 0.6 is 0 Å². The summed E-state index contributed by atoms with van der Waals surface area (Å²) in [5.41, 5.74) is 4.98. The molecule has 0 radical (unpaired) electrons. The van der Waals surface area contributed by atoms with Crippen molar-refractivity contribution in [3.05, 3.63) is 112 Å². The van der Waals surface area contributed by atoms with Crippen LogP contribution in [-0.2, 0) is 6.54 Å². The monoisotopic (exact) mass is 394 g/mol. The molecule has 0 bridgehead atoms. The SMILES string of the molecule is Cc1cccc2c(=O)c(/C=C/c3oc4ccccc4[n+]3Cc3ccccc3)coc12. The topological polar surface area (TPSA) is 47.2 Å². The molecular weight excluding hydrogens is 374 g/mol. The van der Waals surface area contributed by atoms with E-state index in [1.165, 1.54) is 11.8 Å². The molecule has 0 aliphatic heterocycles. The van der Waals surface area contributed by atoms with Gasteiger partial charge in [0.25, 0.3) is 5.52 Å². The number of rotatable bonds is 4. The molecular formula is C26H20NO3+. The van der Waals surface area contributed by atoms with E-state index in [0.29, 0.717) is 29.0 Å². The predicted octanol–water partition coefficient (Wildman–Crippen LogP) is 5.35. The fourth-order valence-electron chi connectivity index (χ4n) is 3.70. The molecule has 0 saturated heterocycles. The van der Waals surface area contributed by atoms with E-state index in [1.54, 1.807) is 12.1 Å². The van der Waals surface area contributed by atoms with Gasteiger partial charge in [-0.3, -0.25) is 4.79 Å². The number of para-hydroxylation sites is 3. The lowest BCUT2D eigenvalue weighted by molar-refractivity contribution is -0.669. The molecule has 5 rings (SSSR count). The van der Waals surface area contributed by atoms with Gasteiger partial charge in [-0.2, -0.15) is 4.57 Å². The molecule has 3 aromatic carbocycles. The van der Waals surface area contributed by atoms with E-state index in [1.807, 2.05) is 67.6 Å². The molecule has 4 nitrogen and oxygen atoms in total. The average Bonchev–Trinajstić information content (AvgIpc) is 3.12. The number of fused-ring (bicyclic) bond motifs is 2. The second kappa shape index (κ2) is 7.48. The molecule has 30 heavy (non-hydrogen) atoms. The summed E-state index contributed by atoms with van der Waals surface area (Å²) >= 11 is 0. The molecule has 0 N–H and O–H groups in total. The largest absolute Gasteiger partial charge is 0.463 e. The fourth-order valence-corrected chi connectivity index (χ4v) is 3.70. The summed E-state index contributed by atoms with van der Waals surface area (Å²) in [5, 5.41) is 0.582. The maximum absolute atomic E-state index is 12.9. The van der Waals surface area contributed by atoms with Crippen molar-refractivity contribution < 1.29 is 13.4 Å². The number of hydrogen-bond donors (Lipinski definition) is 0. The predicted molar refractivity (Wildman–Crippen MR) is 118 cm³/mol. The van der Waals surface area contributed by atoms with E-state index in [-0.39, 0.29) is 5.43 Å². The Balaban J connectivity index is 1.59. The summed E-state index contributed by atoms with van der Waals surface area (Å²) in [6, 6.07) is 23.7. The van der Waals surface area contributed by atoms with Crippen molar-refractivity contribution in [2.75, 3.05) is 0 Å². The van der Waals surface area contributed by atoms with Gasteiger partial charge in [0.15, 0.2) is 12.0 Å². The summed E-state index contributed by atoms with van der Waals surface area (Å²) in [6.07, 6.45) is 5.10. The van der Waals surface area contributed by atoms with Crippen molar-refractivity contribution in [2.24, 2.45) is 0 Å². The maximum atomic E-state index is 12.9. The van der Waals surface area contributed by atoms with Crippen molar-refractivity contribution in [1.29, 1.82) is 0 Å². The summed E-state index contributed by atoms with van der Waals surface area (Å²) < 4.78 is 13.9. The smallest absolute Gasteiger partial charge is 0.374 e. The highest BCUT2D eigenvalue weighted by atomic mass is 16.4. The Labute approximate surface area is 173 Å². The van der Waals surface area contributed by atoms with Gasteiger partial charge in [-0.05, 0) is 30.7 Å². The van der Waals surface area contributed by atoms with Crippen molar-refractivity contribution in [3.63, 3.8) is 0 Å². The third-order valence-corrected chi connectivity index (χ3v) is 5.25. The third kappa shape index (κ3) is 3.22. The maximum Gasteiger partial charge on any atom is 0.374 e. The van der Waals surface area contributed by atoms with Crippen LogP contribution in [0.25, 0.3) is 34.2 Å². The lowest BCUT2D eigenvalue weighted by Gasteiger charge is -2.01. The van der Waals surface area contributed by atoms with Gasteiger partial charge in [0, 0.05) is 11.6 Å². The minimum absolute atomic E-state index is 0.0538. The summed E-state index contributed by atoms with van der Waals surface area (Å²) in [4.78, 5) is 12.9. The third-order valence-electron chi connectivity index (χ3n) is 5.25. The van der Waals surface area contributed by atoms with E-state index in [9.17, 15) is 4.79 Å². The summed E-state index contributed by atoms with van der Waals surface area (Å²) in [5.74, 6) is 0.670. The van der Waals surface area contributed by atoms with E-state index < -0.39 is 0 Å². The molecule has 5 aromatic rings. The molecule has 0 atom stereocenters. The van der Waals surface area contributed by atoms with Crippen LogP contribution in [0.1, 0.15) is 22.6 Å². The first kappa shape index (κ1) is 18.1. The van der Waals surface area contributed by atoms with E-state index in [4.69, 9.17) is 8.83 Å². The zero-order valence-corrected chi connectivity index (χ0v) is 16.5. The van der Waals surface area contributed by atoms with Crippen LogP contribution in [0.5, 0.6) is 0 Å². The van der Waals surface area contributed by atoms with Crippen LogP contribution < -0.4 is 10.00 Å². The van der Waals surface area contributed by atoms with Gasteiger partial charge in [0.2, 0.25) is 5.58 Å². The Bertz CT molecular complexity index is 1440. The number of oxazole rings is 1. The Kier molecular flexibility index (Phi) is 4.52. The van der Waals surface area contributed by atoms with Gasteiger partial charge in [0.05, 0.1) is 17.0 Å². The Morgan fingerprint density at radius 2 is 1.70 bits per heavy atom. The van der Waals surface area contributed by atoms with Crippen molar-refractivity contribution in [3.8, 4) is 0 Å². The second-order valence-electron chi connectivity index (χ2n) is 7.28. The Hall–Kier alpha value is -3.92. The van der Waals surface area contributed by atoms with Crippen LogP contribution in [-0.4, -0.2) is 0 Å². The van der Waals surface area contributed by atoms with E-state index >= 15 is 0 Å². The highest BCUT2D eigenvalue weighted by Crippen LogP contribution is 2.18. The van der Waals surface area contributed by atoms with Crippen LogP contribution in [0.4, 0.5) is 0 Å². The standard InChI is InChI=1S/C26H20NO3/c1-18-8-7-11-21-25(28)20(17-29-26(18)21)14-15-24-27(16-19-9-3-2-4-10-19)22-12-5-6-13-23(22)30-24/h2-15,17H,16H2,1H3/q+1/b15-14+. The zero-order valence-electron chi connectivity index (χ0n) is 16.5. The first-order valence-electron chi connectivity index (χ1n) is 9.85. The molecule has 0 unspecified atom stereocenters. The van der Waals surface area contributed by atoms with Crippen LogP contribution in [0.2, 0.25) is 0 Å². The van der Waals surface area contributed by atoms with Gasteiger partial charge in [-0.15, -0.1) is 0 Å². The molecule has 0 aliphatic carbocycles. The second-order valence-corrected chi connectivity index (χ2v) is 7.28. The van der Waals surface area contributed by atoms with E-state index in [0.717, 1.165) is 16.7 Å². The molecule has 146 valence electrons.